The fourth-order valence-electron chi connectivity index (χ4n) is 2.45. The molecule has 8 heteroatoms. The minimum absolute atomic E-state index is 0.0623. The highest BCUT2D eigenvalue weighted by Gasteiger charge is 2.50. The highest BCUT2D eigenvalue weighted by Crippen LogP contribution is 2.42. The van der Waals surface area contributed by atoms with E-state index in [-0.39, 0.29) is 35.6 Å². The van der Waals surface area contributed by atoms with Gasteiger partial charge in [-0.15, -0.1) is 0 Å². The van der Waals surface area contributed by atoms with Gasteiger partial charge in [-0.1, -0.05) is 13.8 Å². The second-order valence-electron chi connectivity index (χ2n) is 5.62. The lowest BCUT2D eigenvalue weighted by atomic mass is 9.65. The van der Waals surface area contributed by atoms with Crippen LogP contribution < -0.4 is 4.72 Å². The third kappa shape index (κ3) is 2.73. The largest absolute Gasteiger partial charge is 0.394 e. The Hall–Kier alpha value is -0.960. The zero-order valence-corrected chi connectivity index (χ0v) is 12.7. The molecule has 1 aromatic rings. The lowest BCUT2D eigenvalue weighted by Crippen LogP contribution is -2.61. The predicted molar refractivity (Wildman–Crippen MR) is 72.6 cm³/mol. The van der Waals surface area contributed by atoms with Crippen molar-refractivity contribution in [2.24, 2.45) is 5.41 Å². The number of aliphatic hydroxyl groups is 1. The summed E-state index contributed by atoms with van der Waals surface area (Å²) in [6.07, 6.45) is 3.43. The maximum absolute atomic E-state index is 12.3. The number of ether oxygens (including phenoxy) is 1. The molecule has 0 saturated heterocycles. The Kier molecular flexibility index (Phi) is 4.19. The second kappa shape index (κ2) is 5.44. The lowest BCUT2D eigenvalue weighted by molar-refractivity contribution is -0.0908. The minimum Gasteiger partial charge on any atom is -0.394 e. The number of aromatic nitrogens is 2. The van der Waals surface area contributed by atoms with Crippen LogP contribution in [-0.4, -0.2) is 49.2 Å². The van der Waals surface area contributed by atoms with Crippen LogP contribution in [0.5, 0.6) is 0 Å². The van der Waals surface area contributed by atoms with E-state index in [2.05, 4.69) is 9.82 Å². The molecule has 0 radical (unpaired) electrons. The number of methoxy groups -OCH3 is 1. The third-order valence-electron chi connectivity index (χ3n) is 4.01. The van der Waals surface area contributed by atoms with E-state index in [9.17, 15) is 8.42 Å². The van der Waals surface area contributed by atoms with Crippen molar-refractivity contribution >= 4 is 10.0 Å². The average molecular weight is 303 g/mol. The van der Waals surface area contributed by atoms with Crippen molar-refractivity contribution in [1.82, 2.24) is 14.5 Å². The first-order chi connectivity index (χ1) is 9.31. The quantitative estimate of drug-likeness (QED) is 0.769. The van der Waals surface area contributed by atoms with E-state index in [0.29, 0.717) is 6.42 Å². The maximum atomic E-state index is 12.3. The van der Waals surface area contributed by atoms with Gasteiger partial charge in [0.15, 0.2) is 0 Å². The van der Waals surface area contributed by atoms with Crippen LogP contribution in [0.25, 0.3) is 0 Å². The maximum Gasteiger partial charge on any atom is 0.243 e. The predicted octanol–water partition coefficient (Wildman–Crippen LogP) is -0.0328. The van der Waals surface area contributed by atoms with Gasteiger partial charge in [-0.25, -0.2) is 13.1 Å². The number of nitrogens with zero attached hydrogens (tertiary/aromatic N) is 2. The molecule has 0 aliphatic heterocycles. The normalized spacial score (nSPS) is 25.4. The number of sulfonamides is 1. The van der Waals surface area contributed by atoms with Gasteiger partial charge in [-0.3, -0.25) is 4.68 Å². The fourth-order valence-corrected chi connectivity index (χ4v) is 3.81. The molecular weight excluding hydrogens is 282 g/mol. The molecule has 1 aliphatic rings. The standard InChI is InChI=1S/C12H21N3O4S/c1-12(2)10(6-11(12)19-3)14-20(17,18)9-7-13-15(8-9)4-5-16/h7-8,10-11,14,16H,4-6H2,1-3H3. The van der Waals surface area contributed by atoms with Crippen LogP contribution in [0, 0.1) is 5.41 Å². The molecule has 2 unspecified atom stereocenters. The Labute approximate surface area is 119 Å². The van der Waals surface area contributed by atoms with Crippen LogP contribution in [0.3, 0.4) is 0 Å². The van der Waals surface area contributed by atoms with E-state index >= 15 is 0 Å². The molecule has 2 N–H and O–H groups in total. The molecule has 1 fully saturated rings. The number of rotatable bonds is 6. The van der Waals surface area contributed by atoms with Gasteiger partial charge < -0.3 is 9.84 Å². The van der Waals surface area contributed by atoms with Crippen LogP contribution in [0.2, 0.25) is 0 Å². The Morgan fingerprint density at radius 2 is 2.30 bits per heavy atom. The smallest absolute Gasteiger partial charge is 0.243 e. The van der Waals surface area contributed by atoms with Crippen LogP contribution in [0.1, 0.15) is 20.3 Å². The molecule has 20 heavy (non-hydrogen) atoms. The number of hydrogen-bond acceptors (Lipinski definition) is 5. The zero-order chi connectivity index (χ0) is 15.0. The molecule has 7 nitrogen and oxygen atoms in total. The van der Waals surface area contributed by atoms with Crippen molar-refractivity contribution in [2.75, 3.05) is 13.7 Å². The summed E-state index contributed by atoms with van der Waals surface area (Å²) in [5.41, 5.74) is -0.233. The monoisotopic (exact) mass is 303 g/mol. The van der Waals surface area contributed by atoms with Gasteiger partial charge in [0.25, 0.3) is 0 Å². The Bertz CT molecular complexity index is 567. The summed E-state index contributed by atoms with van der Waals surface area (Å²) in [6, 6.07) is -0.154. The first-order valence-electron chi connectivity index (χ1n) is 6.49. The van der Waals surface area contributed by atoms with E-state index in [1.165, 1.54) is 17.1 Å². The van der Waals surface area contributed by atoms with Crippen LogP contribution >= 0.6 is 0 Å². The van der Waals surface area contributed by atoms with Crippen LogP contribution in [-0.2, 0) is 21.3 Å². The van der Waals surface area contributed by atoms with E-state index in [4.69, 9.17) is 9.84 Å². The topological polar surface area (TPSA) is 93.5 Å². The van der Waals surface area contributed by atoms with E-state index in [1.807, 2.05) is 13.8 Å². The summed E-state index contributed by atoms with van der Waals surface area (Å²) in [5, 5.41) is 12.7. The highest BCUT2D eigenvalue weighted by molar-refractivity contribution is 7.89. The highest BCUT2D eigenvalue weighted by atomic mass is 32.2. The van der Waals surface area contributed by atoms with E-state index in [1.54, 1.807) is 7.11 Å². The van der Waals surface area contributed by atoms with E-state index in [0.717, 1.165) is 0 Å². The third-order valence-corrected chi connectivity index (χ3v) is 5.43. The molecule has 2 atom stereocenters. The van der Waals surface area contributed by atoms with Crippen molar-refractivity contribution in [3.05, 3.63) is 12.4 Å². The molecule has 0 bridgehead atoms. The zero-order valence-electron chi connectivity index (χ0n) is 11.9. The molecule has 0 aromatic carbocycles. The molecule has 1 aliphatic carbocycles. The minimum atomic E-state index is -3.59. The van der Waals surface area contributed by atoms with Gasteiger partial charge in [0, 0.05) is 24.8 Å². The van der Waals surface area contributed by atoms with Crippen molar-refractivity contribution in [3.8, 4) is 0 Å². The summed E-state index contributed by atoms with van der Waals surface area (Å²) >= 11 is 0. The molecule has 2 rings (SSSR count). The fraction of sp³-hybridized carbons (Fsp3) is 0.750. The number of hydrogen-bond donors (Lipinski definition) is 2. The van der Waals surface area contributed by atoms with Gasteiger partial charge in [0.2, 0.25) is 10.0 Å². The Morgan fingerprint density at radius 1 is 1.60 bits per heavy atom. The van der Waals surface area contributed by atoms with Crippen molar-refractivity contribution < 1.29 is 18.3 Å². The summed E-state index contributed by atoms with van der Waals surface area (Å²) < 4.78 is 33.9. The number of nitrogens with one attached hydrogen (secondary N) is 1. The van der Waals surface area contributed by atoms with Crippen molar-refractivity contribution in [1.29, 1.82) is 0 Å². The van der Waals surface area contributed by atoms with Gasteiger partial charge >= 0.3 is 0 Å². The van der Waals surface area contributed by atoms with Crippen molar-refractivity contribution in [2.45, 2.75) is 43.9 Å². The first-order valence-corrected chi connectivity index (χ1v) is 7.98. The second-order valence-corrected chi connectivity index (χ2v) is 7.33. The molecule has 0 spiro atoms. The molecule has 1 aromatic heterocycles. The molecule has 114 valence electrons. The first kappa shape index (κ1) is 15.4. The SMILES string of the molecule is COC1CC(NS(=O)(=O)c2cnn(CCO)c2)C1(C)C. The van der Waals surface area contributed by atoms with Crippen LogP contribution in [0.15, 0.2) is 17.3 Å². The summed E-state index contributed by atoms with van der Waals surface area (Å²) in [4.78, 5) is 0.114. The lowest BCUT2D eigenvalue weighted by Gasteiger charge is -2.50. The average Bonchev–Trinajstić information content (AvgIpc) is 2.84. The molecule has 0 amide bonds. The Morgan fingerprint density at radius 3 is 2.85 bits per heavy atom. The van der Waals surface area contributed by atoms with Gasteiger partial charge in [0.1, 0.15) is 4.90 Å². The Balaban J connectivity index is 2.08. The van der Waals surface area contributed by atoms with Gasteiger partial charge in [-0.05, 0) is 6.42 Å². The van der Waals surface area contributed by atoms with Crippen LogP contribution in [0.4, 0.5) is 0 Å². The molecule has 1 saturated carbocycles. The summed E-state index contributed by atoms with van der Waals surface area (Å²) in [6.45, 7) is 4.15. The van der Waals surface area contributed by atoms with Crippen molar-refractivity contribution in [3.63, 3.8) is 0 Å². The summed E-state index contributed by atoms with van der Waals surface area (Å²) in [7, 11) is -1.96. The van der Waals surface area contributed by atoms with E-state index < -0.39 is 10.0 Å². The number of aliphatic hydroxyl groups excluding tert-OH is 1. The molecular formula is C12H21N3O4S. The molecule has 1 heterocycles. The van der Waals surface area contributed by atoms with Gasteiger partial charge in [0.05, 0.1) is 25.5 Å². The summed E-state index contributed by atoms with van der Waals surface area (Å²) in [5.74, 6) is 0. The van der Waals surface area contributed by atoms with Gasteiger partial charge in [-0.2, -0.15) is 5.10 Å².